The Morgan fingerprint density at radius 1 is 1.47 bits per heavy atom. The van der Waals surface area contributed by atoms with E-state index in [1.807, 2.05) is 0 Å². The highest BCUT2D eigenvalue weighted by Crippen LogP contribution is 2.21. The number of rotatable bonds is 4. The van der Waals surface area contributed by atoms with Crippen LogP contribution < -0.4 is 5.73 Å². The summed E-state index contributed by atoms with van der Waals surface area (Å²) in [4.78, 5) is 2.54. The molecule has 0 aromatic heterocycles. The number of likely N-dealkylation sites (tertiary alicyclic amines) is 1. The van der Waals surface area contributed by atoms with Crippen LogP contribution in [0.1, 0.15) is 26.2 Å². The van der Waals surface area contributed by atoms with Crippen LogP contribution >= 0.6 is 0 Å². The van der Waals surface area contributed by atoms with Crippen molar-refractivity contribution in [1.82, 2.24) is 4.90 Å². The molecule has 15 heavy (non-hydrogen) atoms. The first kappa shape index (κ1) is 11.4. The molecule has 2 N–H and O–H groups in total. The van der Waals surface area contributed by atoms with Crippen molar-refractivity contribution in [3.05, 3.63) is 0 Å². The van der Waals surface area contributed by atoms with E-state index in [1.54, 1.807) is 0 Å². The molecule has 0 saturated carbocycles. The van der Waals surface area contributed by atoms with Crippen LogP contribution in [0.4, 0.5) is 0 Å². The molecule has 0 aromatic rings. The first-order valence-electron chi connectivity index (χ1n) is 6.35. The van der Waals surface area contributed by atoms with Gasteiger partial charge in [-0.3, -0.25) is 0 Å². The average molecular weight is 212 g/mol. The van der Waals surface area contributed by atoms with Crippen molar-refractivity contribution in [3.63, 3.8) is 0 Å². The van der Waals surface area contributed by atoms with E-state index in [2.05, 4.69) is 11.8 Å². The van der Waals surface area contributed by atoms with Gasteiger partial charge >= 0.3 is 0 Å². The van der Waals surface area contributed by atoms with E-state index in [9.17, 15) is 0 Å². The number of nitrogens with two attached hydrogens (primary N) is 1. The van der Waals surface area contributed by atoms with Gasteiger partial charge in [0.15, 0.2) is 0 Å². The number of hydrogen-bond donors (Lipinski definition) is 1. The maximum absolute atomic E-state index is 6.22. The Bertz CT molecular complexity index is 192. The quantitative estimate of drug-likeness (QED) is 0.758. The monoisotopic (exact) mass is 212 g/mol. The van der Waals surface area contributed by atoms with Gasteiger partial charge in [0.05, 0.1) is 6.61 Å². The molecule has 3 unspecified atom stereocenters. The van der Waals surface area contributed by atoms with Crippen LogP contribution in [0.15, 0.2) is 0 Å². The van der Waals surface area contributed by atoms with Gasteiger partial charge < -0.3 is 15.4 Å². The van der Waals surface area contributed by atoms with Crippen molar-refractivity contribution in [1.29, 1.82) is 0 Å². The maximum Gasteiger partial charge on any atom is 0.0510 e. The lowest BCUT2D eigenvalue weighted by Crippen LogP contribution is -2.41. The molecule has 2 aliphatic heterocycles. The Labute approximate surface area is 93.0 Å². The van der Waals surface area contributed by atoms with Crippen LogP contribution in [-0.2, 0) is 4.74 Å². The van der Waals surface area contributed by atoms with E-state index < -0.39 is 0 Å². The number of nitrogens with zero attached hydrogens (tertiary/aromatic N) is 1. The topological polar surface area (TPSA) is 38.5 Å². The fraction of sp³-hybridized carbons (Fsp3) is 1.00. The summed E-state index contributed by atoms with van der Waals surface area (Å²) < 4.78 is 5.39. The third-order valence-corrected chi connectivity index (χ3v) is 3.99. The molecule has 2 fully saturated rings. The highest BCUT2D eigenvalue weighted by Gasteiger charge is 2.27. The highest BCUT2D eigenvalue weighted by atomic mass is 16.5. The van der Waals surface area contributed by atoms with E-state index in [1.165, 1.54) is 25.9 Å². The SMILES string of the molecule is CCC1CCN(CC(N)C2CCOC2)C1. The lowest BCUT2D eigenvalue weighted by Gasteiger charge is -2.24. The molecule has 88 valence electrons. The second-order valence-corrected chi connectivity index (χ2v) is 5.11. The van der Waals surface area contributed by atoms with Gasteiger partial charge in [-0.15, -0.1) is 0 Å². The standard InChI is InChI=1S/C12H24N2O/c1-2-10-3-5-14(7-10)8-12(13)11-4-6-15-9-11/h10-12H,2-9,13H2,1H3. The van der Waals surface area contributed by atoms with Crippen LogP contribution in [0.3, 0.4) is 0 Å². The van der Waals surface area contributed by atoms with Crippen molar-refractivity contribution < 1.29 is 4.74 Å². The molecule has 2 aliphatic rings. The largest absolute Gasteiger partial charge is 0.381 e. The minimum Gasteiger partial charge on any atom is -0.381 e. The van der Waals surface area contributed by atoms with E-state index in [0.29, 0.717) is 12.0 Å². The minimum absolute atomic E-state index is 0.322. The molecule has 0 spiro atoms. The lowest BCUT2D eigenvalue weighted by atomic mass is 9.99. The third-order valence-electron chi connectivity index (χ3n) is 3.99. The molecular weight excluding hydrogens is 188 g/mol. The van der Waals surface area contributed by atoms with Gasteiger partial charge in [0.2, 0.25) is 0 Å². The second kappa shape index (κ2) is 5.28. The summed E-state index contributed by atoms with van der Waals surface area (Å²) in [5.74, 6) is 1.52. The molecule has 0 bridgehead atoms. The van der Waals surface area contributed by atoms with Crippen LogP contribution in [0.2, 0.25) is 0 Å². The zero-order valence-corrected chi connectivity index (χ0v) is 9.82. The Kier molecular flexibility index (Phi) is 4.00. The molecule has 0 aliphatic carbocycles. The van der Waals surface area contributed by atoms with Gasteiger partial charge in [0.1, 0.15) is 0 Å². The van der Waals surface area contributed by atoms with Crippen molar-refractivity contribution in [2.45, 2.75) is 32.2 Å². The molecule has 2 heterocycles. The van der Waals surface area contributed by atoms with Gasteiger partial charge in [0.25, 0.3) is 0 Å². The maximum atomic E-state index is 6.22. The summed E-state index contributed by atoms with van der Waals surface area (Å²) in [6.45, 7) is 7.67. The summed E-state index contributed by atoms with van der Waals surface area (Å²) in [5, 5.41) is 0. The third kappa shape index (κ3) is 2.92. The summed E-state index contributed by atoms with van der Waals surface area (Å²) in [5.41, 5.74) is 6.22. The fourth-order valence-electron chi connectivity index (χ4n) is 2.75. The lowest BCUT2D eigenvalue weighted by molar-refractivity contribution is 0.173. The molecule has 0 aromatic carbocycles. The molecule has 3 nitrogen and oxygen atoms in total. The zero-order valence-electron chi connectivity index (χ0n) is 9.82. The van der Waals surface area contributed by atoms with E-state index in [0.717, 1.165) is 32.1 Å². The first-order valence-corrected chi connectivity index (χ1v) is 6.35. The Balaban J connectivity index is 1.72. The smallest absolute Gasteiger partial charge is 0.0510 e. The molecule has 2 saturated heterocycles. The summed E-state index contributed by atoms with van der Waals surface area (Å²) in [7, 11) is 0. The van der Waals surface area contributed by atoms with E-state index >= 15 is 0 Å². The van der Waals surface area contributed by atoms with Gasteiger partial charge in [-0.1, -0.05) is 13.3 Å². The van der Waals surface area contributed by atoms with Crippen molar-refractivity contribution in [2.75, 3.05) is 32.8 Å². The van der Waals surface area contributed by atoms with Crippen molar-refractivity contribution >= 4 is 0 Å². The molecule has 0 radical (unpaired) electrons. The van der Waals surface area contributed by atoms with Crippen molar-refractivity contribution in [3.8, 4) is 0 Å². The zero-order chi connectivity index (χ0) is 10.7. The average Bonchev–Trinajstić information content (AvgIpc) is 2.87. The Morgan fingerprint density at radius 2 is 2.33 bits per heavy atom. The van der Waals surface area contributed by atoms with Gasteiger partial charge in [-0.05, 0) is 25.3 Å². The van der Waals surface area contributed by atoms with Crippen LogP contribution in [0, 0.1) is 11.8 Å². The Morgan fingerprint density at radius 3 is 2.93 bits per heavy atom. The summed E-state index contributed by atoms with van der Waals surface area (Å²) in [6.07, 6.45) is 3.84. The normalized spacial score (nSPS) is 34.8. The predicted molar refractivity (Wildman–Crippen MR) is 61.7 cm³/mol. The number of hydrogen-bond acceptors (Lipinski definition) is 3. The summed E-state index contributed by atoms with van der Waals surface area (Å²) in [6, 6.07) is 0.322. The van der Waals surface area contributed by atoms with Crippen LogP contribution in [0.25, 0.3) is 0 Å². The Hall–Kier alpha value is -0.120. The molecular formula is C12H24N2O. The minimum atomic E-state index is 0.322. The molecule has 2 rings (SSSR count). The predicted octanol–water partition coefficient (Wildman–Crippen LogP) is 1.08. The van der Waals surface area contributed by atoms with Gasteiger partial charge in [-0.2, -0.15) is 0 Å². The number of ether oxygens (including phenoxy) is 1. The highest BCUT2D eigenvalue weighted by molar-refractivity contribution is 4.83. The van der Waals surface area contributed by atoms with E-state index in [4.69, 9.17) is 10.5 Å². The van der Waals surface area contributed by atoms with Crippen molar-refractivity contribution in [2.24, 2.45) is 17.6 Å². The molecule has 3 atom stereocenters. The van der Waals surface area contributed by atoms with Crippen LogP contribution in [0.5, 0.6) is 0 Å². The fourth-order valence-corrected chi connectivity index (χ4v) is 2.75. The van der Waals surface area contributed by atoms with Gasteiger partial charge in [0, 0.05) is 31.7 Å². The molecule has 3 heteroatoms. The van der Waals surface area contributed by atoms with Crippen LogP contribution in [-0.4, -0.2) is 43.8 Å². The first-order chi connectivity index (χ1) is 7.29. The second-order valence-electron chi connectivity index (χ2n) is 5.11. The van der Waals surface area contributed by atoms with Gasteiger partial charge in [-0.25, -0.2) is 0 Å². The van der Waals surface area contributed by atoms with E-state index in [-0.39, 0.29) is 0 Å². The summed E-state index contributed by atoms with van der Waals surface area (Å²) >= 11 is 0. The molecule has 0 amide bonds.